The summed E-state index contributed by atoms with van der Waals surface area (Å²) in [6.45, 7) is 4.06. The Bertz CT molecular complexity index is 765. The van der Waals surface area contributed by atoms with E-state index in [4.69, 9.17) is 0 Å². The van der Waals surface area contributed by atoms with Crippen LogP contribution >= 0.6 is 0 Å². The van der Waals surface area contributed by atoms with Crippen molar-refractivity contribution in [1.82, 2.24) is 10.2 Å². The van der Waals surface area contributed by atoms with Crippen LogP contribution in [0.1, 0.15) is 47.7 Å². The van der Waals surface area contributed by atoms with Crippen LogP contribution in [0.5, 0.6) is 0 Å². The van der Waals surface area contributed by atoms with Gasteiger partial charge in [0.1, 0.15) is 0 Å². The molecule has 0 bridgehead atoms. The van der Waals surface area contributed by atoms with E-state index in [1.807, 2.05) is 47.4 Å². The number of piperidine rings is 1. The molecule has 1 aliphatic rings. The molecule has 1 saturated heterocycles. The summed E-state index contributed by atoms with van der Waals surface area (Å²) in [6, 6.07) is 18.1. The molecule has 27 heavy (non-hydrogen) atoms. The van der Waals surface area contributed by atoms with Crippen molar-refractivity contribution in [3.05, 3.63) is 71.3 Å². The molecule has 4 heteroatoms. The lowest BCUT2D eigenvalue weighted by Crippen LogP contribution is -2.43. The van der Waals surface area contributed by atoms with Gasteiger partial charge in [-0.1, -0.05) is 55.5 Å². The first-order valence-corrected chi connectivity index (χ1v) is 9.88. The highest BCUT2D eigenvalue weighted by atomic mass is 16.2. The minimum Gasteiger partial charge on any atom is -0.356 e. The van der Waals surface area contributed by atoms with Gasteiger partial charge >= 0.3 is 0 Å². The standard InChI is InChI=1S/C23H28N2O2/c1-2-14-24-22(26)19-12-15-25(16-13-19)23(27)21-11-7-6-10-20(21)17-18-8-4-3-5-9-18/h3-11,19H,2,12-17H2,1H3,(H,24,26). The molecule has 0 atom stereocenters. The summed E-state index contributed by atoms with van der Waals surface area (Å²) in [7, 11) is 0. The predicted octanol–water partition coefficient (Wildman–Crippen LogP) is 3.66. The van der Waals surface area contributed by atoms with Crippen LogP contribution in [0.15, 0.2) is 54.6 Å². The van der Waals surface area contributed by atoms with Crippen molar-refractivity contribution in [2.45, 2.75) is 32.6 Å². The predicted molar refractivity (Wildman–Crippen MR) is 108 cm³/mol. The van der Waals surface area contributed by atoms with Crippen molar-refractivity contribution in [2.24, 2.45) is 5.92 Å². The van der Waals surface area contributed by atoms with Gasteiger partial charge in [-0.25, -0.2) is 0 Å². The maximum absolute atomic E-state index is 13.1. The molecule has 0 aliphatic carbocycles. The lowest BCUT2D eigenvalue weighted by molar-refractivity contribution is -0.126. The molecule has 0 saturated carbocycles. The second kappa shape index (κ2) is 9.36. The highest BCUT2D eigenvalue weighted by molar-refractivity contribution is 5.96. The van der Waals surface area contributed by atoms with Crippen molar-refractivity contribution in [2.75, 3.05) is 19.6 Å². The van der Waals surface area contributed by atoms with Gasteiger partial charge in [0.05, 0.1) is 0 Å². The van der Waals surface area contributed by atoms with Crippen molar-refractivity contribution in [3.63, 3.8) is 0 Å². The first-order valence-electron chi connectivity index (χ1n) is 9.88. The van der Waals surface area contributed by atoms with E-state index in [-0.39, 0.29) is 17.7 Å². The Balaban J connectivity index is 1.64. The topological polar surface area (TPSA) is 49.4 Å². The first kappa shape index (κ1) is 19.2. The van der Waals surface area contributed by atoms with Crippen LogP contribution in [0.2, 0.25) is 0 Å². The molecule has 1 fully saturated rings. The molecule has 0 unspecified atom stereocenters. The summed E-state index contributed by atoms with van der Waals surface area (Å²) in [6.07, 6.45) is 3.17. The fourth-order valence-corrected chi connectivity index (χ4v) is 3.61. The molecule has 0 spiro atoms. The molecule has 2 aromatic rings. The van der Waals surface area contributed by atoms with Gasteiger partial charge in [-0.05, 0) is 42.9 Å². The van der Waals surface area contributed by atoms with Crippen molar-refractivity contribution in [3.8, 4) is 0 Å². The summed E-state index contributed by atoms with van der Waals surface area (Å²) in [5.41, 5.74) is 3.02. The number of amides is 2. The number of hydrogen-bond acceptors (Lipinski definition) is 2. The number of rotatable bonds is 6. The van der Waals surface area contributed by atoms with E-state index in [1.54, 1.807) is 0 Å². The van der Waals surface area contributed by atoms with E-state index >= 15 is 0 Å². The van der Waals surface area contributed by atoms with E-state index in [0.717, 1.165) is 43.4 Å². The SMILES string of the molecule is CCCNC(=O)C1CCN(C(=O)c2ccccc2Cc2ccccc2)CC1. The maximum Gasteiger partial charge on any atom is 0.254 e. The Hall–Kier alpha value is -2.62. The zero-order chi connectivity index (χ0) is 19.1. The van der Waals surface area contributed by atoms with Crippen LogP contribution in [-0.2, 0) is 11.2 Å². The molecule has 4 nitrogen and oxygen atoms in total. The maximum atomic E-state index is 13.1. The second-order valence-corrected chi connectivity index (χ2v) is 7.18. The van der Waals surface area contributed by atoms with Gasteiger partial charge in [0.15, 0.2) is 0 Å². The molecule has 2 aromatic carbocycles. The normalized spacial score (nSPS) is 14.8. The van der Waals surface area contributed by atoms with Crippen LogP contribution in [0.3, 0.4) is 0 Å². The largest absolute Gasteiger partial charge is 0.356 e. The van der Waals surface area contributed by atoms with Crippen LogP contribution in [-0.4, -0.2) is 36.3 Å². The highest BCUT2D eigenvalue weighted by Gasteiger charge is 2.28. The molecule has 3 rings (SSSR count). The molecule has 2 amide bonds. The first-order chi connectivity index (χ1) is 13.2. The molecular weight excluding hydrogens is 336 g/mol. The highest BCUT2D eigenvalue weighted by Crippen LogP contribution is 2.22. The summed E-state index contributed by atoms with van der Waals surface area (Å²) in [5.74, 6) is 0.238. The zero-order valence-electron chi connectivity index (χ0n) is 16.0. The quantitative estimate of drug-likeness (QED) is 0.850. The Kier molecular flexibility index (Phi) is 6.64. The fourth-order valence-electron chi connectivity index (χ4n) is 3.61. The minimum atomic E-state index is 0.0279. The van der Waals surface area contributed by atoms with Gasteiger partial charge in [-0.3, -0.25) is 9.59 Å². The van der Waals surface area contributed by atoms with E-state index in [9.17, 15) is 9.59 Å². The average Bonchev–Trinajstić information content (AvgIpc) is 2.73. The summed E-state index contributed by atoms with van der Waals surface area (Å²) < 4.78 is 0. The van der Waals surface area contributed by atoms with Gasteiger partial charge in [0.25, 0.3) is 5.91 Å². The smallest absolute Gasteiger partial charge is 0.254 e. The van der Waals surface area contributed by atoms with Gasteiger partial charge in [0, 0.05) is 31.1 Å². The van der Waals surface area contributed by atoms with Crippen LogP contribution in [0, 0.1) is 5.92 Å². The van der Waals surface area contributed by atoms with Gasteiger partial charge in [-0.2, -0.15) is 0 Å². The van der Waals surface area contributed by atoms with Gasteiger partial charge < -0.3 is 10.2 Å². The number of hydrogen-bond donors (Lipinski definition) is 1. The number of benzene rings is 2. The Labute approximate surface area is 161 Å². The Morgan fingerprint density at radius 1 is 1.00 bits per heavy atom. The van der Waals surface area contributed by atoms with E-state index < -0.39 is 0 Å². The lowest BCUT2D eigenvalue weighted by atomic mass is 9.94. The Morgan fingerprint density at radius 2 is 1.67 bits per heavy atom. The molecule has 1 N–H and O–H groups in total. The molecule has 1 heterocycles. The summed E-state index contributed by atoms with van der Waals surface area (Å²) >= 11 is 0. The molecule has 1 aliphatic heterocycles. The molecule has 142 valence electrons. The number of nitrogens with zero attached hydrogens (tertiary/aromatic N) is 1. The lowest BCUT2D eigenvalue weighted by Gasteiger charge is -2.32. The number of carbonyl (C=O) groups is 2. The van der Waals surface area contributed by atoms with E-state index in [2.05, 4.69) is 24.4 Å². The van der Waals surface area contributed by atoms with Crippen molar-refractivity contribution in [1.29, 1.82) is 0 Å². The van der Waals surface area contributed by atoms with Crippen LogP contribution in [0.4, 0.5) is 0 Å². The van der Waals surface area contributed by atoms with Crippen LogP contribution in [0.25, 0.3) is 0 Å². The number of nitrogens with one attached hydrogen (secondary N) is 1. The van der Waals surface area contributed by atoms with Crippen LogP contribution < -0.4 is 5.32 Å². The molecular formula is C23H28N2O2. The van der Waals surface area contributed by atoms with Crippen molar-refractivity contribution < 1.29 is 9.59 Å². The fraction of sp³-hybridized carbons (Fsp3) is 0.391. The minimum absolute atomic E-state index is 0.0279. The van der Waals surface area contributed by atoms with Gasteiger partial charge in [-0.15, -0.1) is 0 Å². The number of likely N-dealkylation sites (tertiary alicyclic amines) is 1. The zero-order valence-corrected chi connectivity index (χ0v) is 16.0. The van der Waals surface area contributed by atoms with Crippen molar-refractivity contribution >= 4 is 11.8 Å². The monoisotopic (exact) mass is 364 g/mol. The van der Waals surface area contributed by atoms with E-state index in [1.165, 1.54) is 5.56 Å². The number of carbonyl (C=O) groups excluding carboxylic acids is 2. The molecule has 0 aromatic heterocycles. The third-order valence-electron chi connectivity index (χ3n) is 5.19. The van der Waals surface area contributed by atoms with Gasteiger partial charge in [0.2, 0.25) is 5.91 Å². The average molecular weight is 364 g/mol. The summed E-state index contributed by atoms with van der Waals surface area (Å²) in [5, 5.41) is 2.97. The Morgan fingerprint density at radius 3 is 2.37 bits per heavy atom. The third-order valence-corrected chi connectivity index (χ3v) is 5.19. The molecule has 0 radical (unpaired) electrons. The third kappa shape index (κ3) is 4.97. The summed E-state index contributed by atoms with van der Waals surface area (Å²) in [4.78, 5) is 27.1. The second-order valence-electron chi connectivity index (χ2n) is 7.18. The van der Waals surface area contributed by atoms with E-state index in [0.29, 0.717) is 13.1 Å².